The fraction of sp³-hybridized carbons (Fsp3) is 0.514. The van der Waals surface area contributed by atoms with Crippen molar-refractivity contribution in [3.63, 3.8) is 0 Å². The maximum absolute atomic E-state index is 14.1. The molecule has 43 heavy (non-hydrogen) atoms. The Bertz CT molecular complexity index is 1460. The van der Waals surface area contributed by atoms with Crippen molar-refractivity contribution in [2.24, 2.45) is 10.8 Å². The Kier molecular flexibility index (Phi) is 8.92. The van der Waals surface area contributed by atoms with E-state index in [0.717, 1.165) is 63.0 Å². The molecule has 0 spiro atoms. The Morgan fingerprint density at radius 2 is 1.37 bits per heavy atom. The lowest BCUT2D eigenvalue weighted by Crippen LogP contribution is -2.44. The molecule has 0 saturated heterocycles. The van der Waals surface area contributed by atoms with Crippen molar-refractivity contribution in [2.45, 2.75) is 100 Å². The van der Waals surface area contributed by atoms with E-state index in [4.69, 9.17) is 9.47 Å². The highest BCUT2D eigenvalue weighted by Gasteiger charge is 2.49. The van der Waals surface area contributed by atoms with Crippen LogP contribution >= 0.6 is 22.6 Å². The van der Waals surface area contributed by atoms with Crippen LogP contribution in [0.1, 0.15) is 102 Å². The van der Waals surface area contributed by atoms with E-state index in [-0.39, 0.29) is 22.4 Å². The molecular weight excluding hydrogens is 649 g/mol. The van der Waals surface area contributed by atoms with Gasteiger partial charge in [-0.3, -0.25) is 9.59 Å². The summed E-state index contributed by atoms with van der Waals surface area (Å²) in [7, 11) is 0. The standard InChI is InChI=1S/C37H46INO4/c1-9-11-39-27-17-36(5,6)19-29(40)33(27)32(34-28(39)18-37(7,8)20-30(34)41)25-15-26(38)35(31(16-25)42-10-2)43-21-24-13-22(3)12-23(4)14-24/h12-16,32H,9-11,17-21H2,1-8H3. The highest BCUT2D eigenvalue weighted by molar-refractivity contribution is 14.1. The number of hydrogen-bond acceptors (Lipinski definition) is 5. The minimum Gasteiger partial charge on any atom is -0.490 e. The predicted molar refractivity (Wildman–Crippen MR) is 180 cm³/mol. The molecule has 0 unspecified atom stereocenters. The minimum atomic E-state index is -0.397. The molecule has 0 aromatic heterocycles. The van der Waals surface area contributed by atoms with E-state index in [0.29, 0.717) is 37.6 Å². The number of aryl methyl sites for hydroxylation is 2. The summed E-state index contributed by atoms with van der Waals surface area (Å²) >= 11 is 2.32. The Morgan fingerprint density at radius 1 is 0.814 bits per heavy atom. The SMILES string of the molecule is CCCN1C2=C(C(=O)CC(C)(C)C2)C(c2cc(I)c(OCc3cc(C)cc(C)c3)c(OCC)c2)C2=C1CC(C)(C)CC2=O. The van der Waals surface area contributed by atoms with Crippen molar-refractivity contribution in [3.05, 3.63) is 78.7 Å². The fourth-order valence-corrected chi connectivity index (χ4v) is 8.12. The molecule has 0 bridgehead atoms. The van der Waals surface area contributed by atoms with Crippen LogP contribution in [-0.4, -0.2) is 29.6 Å². The molecule has 2 aliphatic carbocycles. The Hall–Kier alpha value is -2.61. The highest BCUT2D eigenvalue weighted by Crippen LogP contribution is 2.55. The van der Waals surface area contributed by atoms with Gasteiger partial charge in [0.1, 0.15) is 6.61 Å². The maximum Gasteiger partial charge on any atom is 0.174 e. The minimum absolute atomic E-state index is 0.129. The third kappa shape index (κ3) is 6.45. The smallest absolute Gasteiger partial charge is 0.174 e. The van der Waals surface area contributed by atoms with Gasteiger partial charge < -0.3 is 14.4 Å². The van der Waals surface area contributed by atoms with Crippen LogP contribution < -0.4 is 9.47 Å². The van der Waals surface area contributed by atoms with Crippen LogP contribution in [0.5, 0.6) is 11.5 Å². The summed E-state index contributed by atoms with van der Waals surface area (Å²) in [5, 5.41) is 0. The first-order valence-electron chi connectivity index (χ1n) is 15.7. The Labute approximate surface area is 271 Å². The summed E-state index contributed by atoms with van der Waals surface area (Å²) in [5.74, 6) is 1.27. The van der Waals surface area contributed by atoms with Gasteiger partial charge in [-0.25, -0.2) is 0 Å². The summed E-state index contributed by atoms with van der Waals surface area (Å²) in [6.07, 6.45) is 3.56. The topological polar surface area (TPSA) is 55.8 Å². The molecule has 0 amide bonds. The third-order valence-electron chi connectivity index (χ3n) is 8.80. The first-order valence-corrected chi connectivity index (χ1v) is 16.8. The van der Waals surface area contributed by atoms with Gasteiger partial charge in [0, 0.05) is 47.8 Å². The average molecular weight is 696 g/mol. The van der Waals surface area contributed by atoms with Crippen molar-refractivity contribution in [1.82, 2.24) is 4.90 Å². The molecule has 5 nitrogen and oxygen atoms in total. The predicted octanol–water partition coefficient (Wildman–Crippen LogP) is 8.98. The van der Waals surface area contributed by atoms with Crippen LogP contribution in [0.2, 0.25) is 0 Å². The van der Waals surface area contributed by atoms with Gasteiger partial charge in [-0.2, -0.15) is 0 Å². The van der Waals surface area contributed by atoms with E-state index >= 15 is 0 Å². The van der Waals surface area contributed by atoms with Gasteiger partial charge in [-0.05, 0) is 96.7 Å². The normalized spacial score (nSPS) is 19.9. The Balaban J connectivity index is 1.66. The first kappa shape index (κ1) is 31.8. The molecule has 0 N–H and O–H groups in total. The van der Waals surface area contributed by atoms with Crippen molar-refractivity contribution in [2.75, 3.05) is 13.2 Å². The molecule has 0 fully saturated rings. The molecule has 1 heterocycles. The lowest BCUT2D eigenvalue weighted by Gasteiger charge is -2.49. The third-order valence-corrected chi connectivity index (χ3v) is 9.60. The van der Waals surface area contributed by atoms with Gasteiger partial charge in [0.25, 0.3) is 0 Å². The number of hydrogen-bond donors (Lipinski definition) is 0. The van der Waals surface area contributed by atoms with Crippen molar-refractivity contribution >= 4 is 34.2 Å². The first-order chi connectivity index (χ1) is 20.2. The number of ether oxygens (including phenoxy) is 2. The number of ketones is 2. The molecule has 1 aliphatic heterocycles. The molecule has 2 aromatic carbocycles. The second kappa shape index (κ2) is 12.1. The average Bonchev–Trinajstić information content (AvgIpc) is 2.87. The number of Topliss-reactive ketones (excluding diaryl/α,β-unsaturated/α-hetero) is 2. The van der Waals surface area contributed by atoms with Gasteiger partial charge in [0.2, 0.25) is 0 Å². The van der Waals surface area contributed by atoms with Gasteiger partial charge in [-0.15, -0.1) is 0 Å². The molecule has 5 rings (SSSR count). The second-order valence-electron chi connectivity index (χ2n) is 14.2. The molecule has 2 aromatic rings. The van der Waals surface area contributed by atoms with Crippen LogP contribution in [0.25, 0.3) is 0 Å². The number of nitrogens with zero attached hydrogens (tertiary/aromatic N) is 1. The van der Waals surface area contributed by atoms with Gasteiger partial charge >= 0.3 is 0 Å². The molecule has 0 radical (unpaired) electrons. The summed E-state index contributed by atoms with van der Waals surface area (Å²) < 4.78 is 13.5. The number of benzene rings is 2. The van der Waals surface area contributed by atoms with Crippen molar-refractivity contribution < 1.29 is 19.1 Å². The van der Waals surface area contributed by atoms with Gasteiger partial charge in [-0.1, -0.05) is 63.9 Å². The Morgan fingerprint density at radius 3 is 1.88 bits per heavy atom. The quantitative estimate of drug-likeness (QED) is 0.258. The van der Waals surface area contributed by atoms with Crippen molar-refractivity contribution in [1.29, 1.82) is 0 Å². The summed E-state index contributed by atoms with van der Waals surface area (Å²) in [4.78, 5) is 30.5. The maximum atomic E-state index is 14.1. The van der Waals surface area contributed by atoms with Crippen LogP contribution in [0.4, 0.5) is 0 Å². The van der Waals surface area contributed by atoms with Crippen LogP contribution in [0.15, 0.2) is 52.9 Å². The lowest BCUT2D eigenvalue weighted by atomic mass is 9.63. The van der Waals surface area contributed by atoms with E-state index in [1.54, 1.807) is 0 Å². The summed E-state index contributed by atoms with van der Waals surface area (Å²) in [5.41, 5.74) is 8.03. The van der Waals surface area contributed by atoms with Gasteiger partial charge in [0.05, 0.1) is 10.2 Å². The molecule has 0 saturated carbocycles. The van der Waals surface area contributed by atoms with E-state index in [9.17, 15) is 9.59 Å². The van der Waals surface area contributed by atoms with E-state index < -0.39 is 5.92 Å². The monoisotopic (exact) mass is 695 g/mol. The van der Waals surface area contributed by atoms with Crippen LogP contribution in [0.3, 0.4) is 0 Å². The highest BCUT2D eigenvalue weighted by atomic mass is 127. The number of rotatable bonds is 8. The van der Waals surface area contributed by atoms with Crippen LogP contribution in [-0.2, 0) is 16.2 Å². The fourth-order valence-electron chi connectivity index (χ4n) is 7.34. The van der Waals surface area contributed by atoms with E-state index in [1.807, 2.05) is 13.0 Å². The second-order valence-corrected chi connectivity index (χ2v) is 15.4. The molecule has 6 heteroatoms. The summed E-state index contributed by atoms with van der Waals surface area (Å²) in [6.45, 7) is 18.8. The zero-order valence-electron chi connectivity index (χ0n) is 27.1. The van der Waals surface area contributed by atoms with E-state index in [1.165, 1.54) is 11.1 Å². The zero-order chi connectivity index (χ0) is 31.3. The number of carbonyl (C=O) groups is 2. The van der Waals surface area contributed by atoms with Crippen LogP contribution in [0, 0.1) is 28.2 Å². The summed E-state index contributed by atoms with van der Waals surface area (Å²) in [6, 6.07) is 10.6. The molecule has 230 valence electrons. The number of halogens is 1. The molecule has 0 atom stereocenters. The largest absolute Gasteiger partial charge is 0.490 e. The zero-order valence-corrected chi connectivity index (χ0v) is 29.2. The number of carbonyl (C=O) groups excluding carboxylic acids is 2. The van der Waals surface area contributed by atoms with E-state index in [2.05, 4.69) is 100 Å². The lowest BCUT2D eigenvalue weighted by molar-refractivity contribution is -0.119. The molecular formula is C37H46INO4. The van der Waals surface area contributed by atoms with Gasteiger partial charge in [0.15, 0.2) is 23.1 Å². The van der Waals surface area contributed by atoms with Crippen molar-refractivity contribution in [3.8, 4) is 11.5 Å². The number of allylic oxidation sites excluding steroid dienone is 4. The molecule has 3 aliphatic rings.